The highest BCUT2D eigenvalue weighted by atomic mass is 16.7. The van der Waals surface area contributed by atoms with E-state index < -0.39 is 0 Å². The van der Waals surface area contributed by atoms with E-state index in [9.17, 15) is 9.59 Å². The van der Waals surface area contributed by atoms with Crippen LogP contribution in [0, 0.1) is 0 Å². The molecule has 4 rings (SSSR count). The average molecular weight is 532 g/mol. The van der Waals surface area contributed by atoms with Crippen LogP contribution >= 0.6 is 0 Å². The molecule has 206 valence electrons. The van der Waals surface area contributed by atoms with E-state index >= 15 is 0 Å². The first-order valence-corrected chi connectivity index (χ1v) is 13.6. The number of rotatable bonds is 13. The van der Waals surface area contributed by atoms with Crippen LogP contribution in [0.15, 0.2) is 66.7 Å². The predicted molar refractivity (Wildman–Crippen MR) is 150 cm³/mol. The van der Waals surface area contributed by atoms with Gasteiger partial charge in [-0.25, -0.2) is 0 Å². The standard InChI is InChI=1S/C32H37NO6/c1-4-36-31(34)8-6-5-7-19-37-28-16-9-24(10-17-28)21-33(23(2)3)32(35)26-13-11-25(12-14-26)27-15-18-29-30(20-27)39-22-38-29/h9-18,20,23H,4-8,19,21-22H2,1-3H3. The molecule has 1 heterocycles. The highest BCUT2D eigenvalue weighted by molar-refractivity contribution is 5.95. The summed E-state index contributed by atoms with van der Waals surface area (Å²) in [6.45, 7) is 7.65. The van der Waals surface area contributed by atoms with Crippen molar-refractivity contribution in [1.29, 1.82) is 0 Å². The van der Waals surface area contributed by atoms with Crippen molar-refractivity contribution in [3.8, 4) is 28.4 Å². The number of benzene rings is 3. The molecule has 0 unspecified atom stereocenters. The average Bonchev–Trinajstić information content (AvgIpc) is 3.42. The van der Waals surface area contributed by atoms with E-state index in [1.165, 1.54) is 0 Å². The second-order valence-electron chi connectivity index (χ2n) is 9.78. The maximum Gasteiger partial charge on any atom is 0.305 e. The van der Waals surface area contributed by atoms with Crippen LogP contribution in [0.25, 0.3) is 11.1 Å². The Morgan fingerprint density at radius 2 is 1.59 bits per heavy atom. The Morgan fingerprint density at radius 3 is 2.31 bits per heavy atom. The molecule has 0 saturated carbocycles. The van der Waals surface area contributed by atoms with Crippen molar-refractivity contribution in [2.75, 3.05) is 20.0 Å². The summed E-state index contributed by atoms with van der Waals surface area (Å²) in [5.41, 5.74) is 3.71. The van der Waals surface area contributed by atoms with Gasteiger partial charge in [-0.2, -0.15) is 0 Å². The molecule has 1 amide bonds. The van der Waals surface area contributed by atoms with E-state index in [-0.39, 0.29) is 24.7 Å². The summed E-state index contributed by atoms with van der Waals surface area (Å²) in [5.74, 6) is 2.14. The minimum absolute atomic E-state index is 0.00891. The van der Waals surface area contributed by atoms with Crippen LogP contribution in [-0.4, -0.2) is 42.8 Å². The molecule has 0 aromatic heterocycles. The molecule has 39 heavy (non-hydrogen) atoms. The van der Waals surface area contributed by atoms with Gasteiger partial charge in [-0.15, -0.1) is 0 Å². The van der Waals surface area contributed by atoms with Gasteiger partial charge in [0, 0.05) is 24.6 Å². The maximum atomic E-state index is 13.4. The molecule has 0 aliphatic carbocycles. The number of esters is 1. The van der Waals surface area contributed by atoms with Gasteiger partial charge in [0.2, 0.25) is 6.79 Å². The van der Waals surface area contributed by atoms with Crippen LogP contribution in [0.5, 0.6) is 17.2 Å². The monoisotopic (exact) mass is 531 g/mol. The van der Waals surface area contributed by atoms with E-state index in [1.54, 1.807) is 0 Å². The molecule has 0 bridgehead atoms. The number of carbonyl (C=O) groups excluding carboxylic acids is 2. The number of hydrogen-bond donors (Lipinski definition) is 0. The molecule has 3 aromatic rings. The molecule has 1 aliphatic rings. The molecule has 0 fully saturated rings. The van der Waals surface area contributed by atoms with Crippen LogP contribution in [0.2, 0.25) is 0 Å². The molecule has 3 aromatic carbocycles. The zero-order valence-corrected chi connectivity index (χ0v) is 23.0. The van der Waals surface area contributed by atoms with Crippen molar-refractivity contribution in [2.45, 2.75) is 59.0 Å². The Hall–Kier alpha value is -4.00. The zero-order chi connectivity index (χ0) is 27.6. The van der Waals surface area contributed by atoms with Gasteiger partial charge < -0.3 is 23.8 Å². The van der Waals surface area contributed by atoms with E-state index in [2.05, 4.69) is 0 Å². The summed E-state index contributed by atoms with van der Waals surface area (Å²) >= 11 is 0. The van der Waals surface area contributed by atoms with E-state index in [0.717, 1.165) is 53.2 Å². The first-order chi connectivity index (χ1) is 18.9. The zero-order valence-electron chi connectivity index (χ0n) is 23.0. The van der Waals surface area contributed by atoms with E-state index in [1.807, 2.05) is 92.4 Å². The van der Waals surface area contributed by atoms with Gasteiger partial charge in [-0.3, -0.25) is 9.59 Å². The molecule has 7 nitrogen and oxygen atoms in total. The van der Waals surface area contributed by atoms with Gasteiger partial charge in [0.25, 0.3) is 5.91 Å². The third kappa shape index (κ3) is 7.76. The molecule has 0 radical (unpaired) electrons. The number of ether oxygens (including phenoxy) is 4. The minimum atomic E-state index is -0.138. The SMILES string of the molecule is CCOC(=O)CCCCCOc1ccc(CN(C(=O)c2ccc(-c3ccc4c(c3)OCO4)cc2)C(C)C)cc1. The van der Waals surface area contributed by atoms with Gasteiger partial charge in [-0.05, 0) is 93.1 Å². The maximum absolute atomic E-state index is 13.4. The van der Waals surface area contributed by atoms with Gasteiger partial charge in [0.1, 0.15) is 5.75 Å². The number of unbranched alkanes of at least 4 members (excludes halogenated alkanes) is 2. The highest BCUT2D eigenvalue weighted by Crippen LogP contribution is 2.36. The number of carbonyl (C=O) groups is 2. The Bertz CT molecular complexity index is 1240. The summed E-state index contributed by atoms with van der Waals surface area (Å²) in [4.78, 5) is 26.7. The Labute approximate surface area is 230 Å². The van der Waals surface area contributed by atoms with Crippen LogP contribution in [0.3, 0.4) is 0 Å². The molecular formula is C32H37NO6. The molecule has 0 N–H and O–H groups in total. The highest BCUT2D eigenvalue weighted by Gasteiger charge is 2.20. The number of fused-ring (bicyclic) bond motifs is 1. The van der Waals surface area contributed by atoms with Crippen LogP contribution < -0.4 is 14.2 Å². The van der Waals surface area contributed by atoms with Gasteiger partial charge in [0.05, 0.1) is 13.2 Å². The lowest BCUT2D eigenvalue weighted by Gasteiger charge is -2.27. The second kappa shape index (κ2) is 13.7. The lowest BCUT2D eigenvalue weighted by molar-refractivity contribution is -0.143. The van der Waals surface area contributed by atoms with Crippen molar-refractivity contribution < 1.29 is 28.5 Å². The molecule has 1 aliphatic heterocycles. The molecule has 7 heteroatoms. The lowest BCUT2D eigenvalue weighted by Crippen LogP contribution is -2.36. The van der Waals surface area contributed by atoms with Gasteiger partial charge >= 0.3 is 5.97 Å². The Kier molecular flexibility index (Phi) is 9.84. The largest absolute Gasteiger partial charge is 0.494 e. The molecule has 0 spiro atoms. The molecular weight excluding hydrogens is 494 g/mol. The predicted octanol–water partition coefficient (Wildman–Crippen LogP) is 6.64. The fraction of sp³-hybridized carbons (Fsp3) is 0.375. The fourth-order valence-electron chi connectivity index (χ4n) is 4.40. The van der Waals surface area contributed by atoms with Gasteiger partial charge in [-0.1, -0.05) is 30.3 Å². The first kappa shape index (κ1) is 28.0. The number of amides is 1. The van der Waals surface area contributed by atoms with Crippen LogP contribution in [0.1, 0.15) is 62.4 Å². The van der Waals surface area contributed by atoms with Crippen molar-refractivity contribution in [1.82, 2.24) is 4.90 Å². The lowest BCUT2D eigenvalue weighted by atomic mass is 10.0. The van der Waals surface area contributed by atoms with E-state index in [0.29, 0.717) is 31.7 Å². The van der Waals surface area contributed by atoms with Crippen molar-refractivity contribution in [3.63, 3.8) is 0 Å². The normalized spacial score (nSPS) is 11.9. The third-order valence-electron chi connectivity index (χ3n) is 6.60. The van der Waals surface area contributed by atoms with Crippen LogP contribution in [0.4, 0.5) is 0 Å². The first-order valence-electron chi connectivity index (χ1n) is 13.6. The quantitative estimate of drug-likeness (QED) is 0.182. The summed E-state index contributed by atoms with van der Waals surface area (Å²) in [6.07, 6.45) is 3.06. The van der Waals surface area contributed by atoms with Crippen LogP contribution in [-0.2, 0) is 16.1 Å². The summed E-state index contributed by atoms with van der Waals surface area (Å²) < 4.78 is 21.7. The molecule has 0 saturated heterocycles. The van der Waals surface area contributed by atoms with Crippen molar-refractivity contribution in [3.05, 3.63) is 77.9 Å². The number of nitrogens with zero attached hydrogens (tertiary/aromatic N) is 1. The summed E-state index contributed by atoms with van der Waals surface area (Å²) in [5, 5.41) is 0. The second-order valence-corrected chi connectivity index (χ2v) is 9.78. The number of hydrogen-bond acceptors (Lipinski definition) is 6. The smallest absolute Gasteiger partial charge is 0.305 e. The third-order valence-corrected chi connectivity index (χ3v) is 6.60. The summed E-state index contributed by atoms with van der Waals surface area (Å²) in [6, 6.07) is 21.5. The molecule has 0 atom stereocenters. The fourth-order valence-corrected chi connectivity index (χ4v) is 4.40. The summed E-state index contributed by atoms with van der Waals surface area (Å²) in [7, 11) is 0. The Balaban J connectivity index is 1.29. The van der Waals surface area contributed by atoms with Crippen molar-refractivity contribution >= 4 is 11.9 Å². The minimum Gasteiger partial charge on any atom is -0.494 e. The van der Waals surface area contributed by atoms with Crippen molar-refractivity contribution in [2.24, 2.45) is 0 Å². The topological polar surface area (TPSA) is 74.3 Å². The van der Waals surface area contributed by atoms with E-state index in [4.69, 9.17) is 18.9 Å². The van der Waals surface area contributed by atoms with Gasteiger partial charge in [0.15, 0.2) is 11.5 Å². The Morgan fingerprint density at radius 1 is 0.872 bits per heavy atom.